The number of anilines is 1. The summed E-state index contributed by atoms with van der Waals surface area (Å²) in [5.41, 5.74) is 1.60. The van der Waals surface area contributed by atoms with E-state index in [0.29, 0.717) is 38.0 Å². The highest BCUT2D eigenvalue weighted by atomic mass is 32.2. The van der Waals surface area contributed by atoms with Gasteiger partial charge in [0.1, 0.15) is 5.60 Å². The second-order valence-electron chi connectivity index (χ2n) is 10.1. The zero-order valence-corrected chi connectivity index (χ0v) is 20.2. The molecule has 4 aliphatic rings. The Morgan fingerprint density at radius 1 is 1.21 bits per heavy atom. The van der Waals surface area contributed by atoms with Gasteiger partial charge in [-0.3, -0.25) is 0 Å². The Bertz CT molecular complexity index is 1000. The van der Waals surface area contributed by atoms with Crippen molar-refractivity contribution in [2.45, 2.75) is 57.3 Å². The van der Waals surface area contributed by atoms with Crippen molar-refractivity contribution >= 4 is 22.1 Å². The van der Waals surface area contributed by atoms with Crippen LogP contribution in [-0.2, 0) is 32.5 Å². The summed E-state index contributed by atoms with van der Waals surface area (Å²) in [6.45, 7) is 6.51. The molecule has 182 valence electrons. The van der Waals surface area contributed by atoms with Crippen molar-refractivity contribution in [3.63, 3.8) is 0 Å². The van der Waals surface area contributed by atoms with E-state index in [-0.39, 0.29) is 17.8 Å². The molecule has 0 atom stereocenters. The number of amides is 1. The standard InChI is InChI=1S/C22H33N5O5S/c1-22(6-7-22)32-21(28)25-8-3-16(4-9-25)15-31-18-13-26(14-18)20-23-11-17-12-27(33(2,29)30)10-5-19(17)24-20/h11,16,18H,3-10,12-15H2,1-2H3. The molecule has 0 bridgehead atoms. The first-order valence-electron chi connectivity index (χ1n) is 11.8. The molecule has 1 aromatic heterocycles. The summed E-state index contributed by atoms with van der Waals surface area (Å²) in [4.78, 5) is 25.3. The van der Waals surface area contributed by atoms with Crippen LogP contribution in [-0.4, -0.2) is 91.0 Å². The number of ether oxygens (including phenoxy) is 2. The number of nitrogens with zero attached hydrogens (tertiary/aromatic N) is 5. The fourth-order valence-corrected chi connectivity index (χ4v) is 5.33. The van der Waals surface area contributed by atoms with E-state index in [1.54, 1.807) is 6.20 Å². The van der Waals surface area contributed by atoms with E-state index in [2.05, 4.69) is 14.9 Å². The molecule has 0 radical (unpaired) electrons. The van der Waals surface area contributed by atoms with E-state index in [1.807, 2.05) is 11.8 Å². The molecule has 1 aliphatic carbocycles. The van der Waals surface area contributed by atoms with Gasteiger partial charge in [0.25, 0.3) is 0 Å². The Kier molecular flexibility index (Phi) is 5.98. The van der Waals surface area contributed by atoms with Crippen LogP contribution in [0.1, 0.15) is 43.9 Å². The molecule has 2 saturated heterocycles. The third kappa shape index (κ3) is 5.25. The highest BCUT2D eigenvalue weighted by Crippen LogP contribution is 2.39. The number of rotatable bonds is 6. The number of sulfonamides is 1. The first-order valence-corrected chi connectivity index (χ1v) is 13.7. The van der Waals surface area contributed by atoms with Gasteiger partial charge in [-0.25, -0.2) is 23.2 Å². The minimum atomic E-state index is -3.20. The topological polar surface area (TPSA) is 105 Å². The van der Waals surface area contributed by atoms with Gasteiger partial charge in [0, 0.05) is 57.4 Å². The lowest BCUT2D eigenvalue weighted by Gasteiger charge is -2.40. The van der Waals surface area contributed by atoms with Crippen LogP contribution in [0, 0.1) is 5.92 Å². The van der Waals surface area contributed by atoms with Crippen molar-refractivity contribution in [2.75, 3.05) is 50.5 Å². The van der Waals surface area contributed by atoms with Crippen LogP contribution in [0.25, 0.3) is 0 Å². The molecular weight excluding hydrogens is 446 g/mol. The van der Waals surface area contributed by atoms with Gasteiger partial charge in [0.05, 0.1) is 24.7 Å². The first-order chi connectivity index (χ1) is 15.7. The van der Waals surface area contributed by atoms with Gasteiger partial charge in [0.15, 0.2) is 0 Å². The Morgan fingerprint density at radius 3 is 2.61 bits per heavy atom. The van der Waals surface area contributed by atoms with Gasteiger partial charge < -0.3 is 19.3 Å². The maximum Gasteiger partial charge on any atom is 0.410 e. The van der Waals surface area contributed by atoms with Crippen LogP contribution in [0.3, 0.4) is 0 Å². The van der Waals surface area contributed by atoms with Crippen LogP contribution in [0.5, 0.6) is 0 Å². The normalized spacial score (nSPS) is 23.7. The van der Waals surface area contributed by atoms with Crippen LogP contribution in [0.2, 0.25) is 0 Å². The summed E-state index contributed by atoms with van der Waals surface area (Å²) >= 11 is 0. The number of hydrogen-bond donors (Lipinski definition) is 0. The van der Waals surface area contributed by atoms with Gasteiger partial charge in [-0.05, 0) is 38.5 Å². The third-order valence-corrected chi connectivity index (χ3v) is 8.46. The molecule has 10 nitrogen and oxygen atoms in total. The molecule has 3 fully saturated rings. The van der Waals surface area contributed by atoms with Gasteiger partial charge in [-0.1, -0.05) is 0 Å². The fraction of sp³-hybridized carbons (Fsp3) is 0.773. The molecule has 0 spiro atoms. The van der Waals surface area contributed by atoms with Gasteiger partial charge in [0.2, 0.25) is 16.0 Å². The van der Waals surface area contributed by atoms with Crippen molar-refractivity contribution < 1.29 is 22.7 Å². The first kappa shape index (κ1) is 22.8. The second-order valence-corrected chi connectivity index (χ2v) is 12.1. The highest BCUT2D eigenvalue weighted by Gasteiger charge is 2.43. The predicted molar refractivity (Wildman–Crippen MR) is 121 cm³/mol. The number of carbonyl (C=O) groups excluding carboxylic acids is 1. The number of fused-ring (bicyclic) bond motifs is 1. The lowest BCUT2D eigenvalue weighted by Crippen LogP contribution is -2.53. The Morgan fingerprint density at radius 2 is 1.94 bits per heavy atom. The van der Waals surface area contributed by atoms with Gasteiger partial charge in [-0.2, -0.15) is 4.31 Å². The minimum Gasteiger partial charge on any atom is -0.443 e. The predicted octanol–water partition coefficient (Wildman–Crippen LogP) is 1.40. The minimum absolute atomic E-state index is 0.168. The molecule has 1 saturated carbocycles. The lowest BCUT2D eigenvalue weighted by molar-refractivity contribution is -0.00482. The maximum atomic E-state index is 12.2. The summed E-state index contributed by atoms with van der Waals surface area (Å²) in [6, 6.07) is 0. The van der Waals surface area contributed by atoms with Crippen LogP contribution < -0.4 is 4.90 Å². The molecule has 0 aromatic carbocycles. The number of likely N-dealkylation sites (tertiary alicyclic amines) is 1. The average molecular weight is 480 g/mol. The largest absolute Gasteiger partial charge is 0.443 e. The molecule has 1 aromatic rings. The molecule has 1 amide bonds. The van der Waals surface area contributed by atoms with E-state index in [0.717, 1.165) is 63.1 Å². The summed E-state index contributed by atoms with van der Waals surface area (Å²) < 4.78 is 36.7. The summed E-state index contributed by atoms with van der Waals surface area (Å²) in [6.07, 6.45) is 7.44. The molecule has 33 heavy (non-hydrogen) atoms. The molecule has 0 N–H and O–H groups in total. The summed E-state index contributed by atoms with van der Waals surface area (Å²) in [5.74, 6) is 1.16. The number of carbonyl (C=O) groups is 1. The molecule has 5 rings (SSSR count). The Labute approximate surface area is 195 Å². The van der Waals surface area contributed by atoms with Crippen molar-refractivity contribution in [3.05, 3.63) is 17.5 Å². The zero-order chi connectivity index (χ0) is 23.2. The fourth-order valence-electron chi connectivity index (χ4n) is 4.53. The van der Waals surface area contributed by atoms with E-state index >= 15 is 0 Å². The molecule has 4 heterocycles. The number of aromatic nitrogens is 2. The molecule has 11 heteroatoms. The Hall–Kier alpha value is -1.98. The molecular formula is C22H33N5O5S. The lowest BCUT2D eigenvalue weighted by atomic mass is 9.98. The number of piperidine rings is 1. The van der Waals surface area contributed by atoms with Crippen LogP contribution in [0.4, 0.5) is 10.7 Å². The van der Waals surface area contributed by atoms with Crippen molar-refractivity contribution in [2.24, 2.45) is 5.92 Å². The summed E-state index contributed by atoms with van der Waals surface area (Å²) in [7, 11) is -3.20. The maximum absolute atomic E-state index is 12.2. The highest BCUT2D eigenvalue weighted by molar-refractivity contribution is 7.88. The quantitative estimate of drug-likeness (QED) is 0.603. The molecule has 0 unspecified atom stereocenters. The van der Waals surface area contributed by atoms with E-state index < -0.39 is 10.0 Å². The summed E-state index contributed by atoms with van der Waals surface area (Å²) in [5, 5.41) is 0. The second kappa shape index (κ2) is 8.66. The van der Waals surface area contributed by atoms with Crippen molar-refractivity contribution in [1.82, 2.24) is 19.2 Å². The van der Waals surface area contributed by atoms with E-state index in [9.17, 15) is 13.2 Å². The average Bonchev–Trinajstić information content (AvgIpc) is 3.48. The number of hydrogen-bond acceptors (Lipinski definition) is 8. The SMILES string of the molecule is CC1(OC(=O)N2CCC(COC3CN(c4ncc5c(n4)CCN(S(C)(=O)=O)C5)C3)CC2)CC1. The van der Waals surface area contributed by atoms with Crippen molar-refractivity contribution in [3.8, 4) is 0 Å². The zero-order valence-electron chi connectivity index (χ0n) is 19.4. The monoisotopic (exact) mass is 479 g/mol. The van der Waals surface area contributed by atoms with E-state index in [4.69, 9.17) is 9.47 Å². The van der Waals surface area contributed by atoms with Crippen LogP contribution >= 0.6 is 0 Å². The third-order valence-electron chi connectivity index (χ3n) is 7.21. The Balaban J connectivity index is 1.03. The van der Waals surface area contributed by atoms with Crippen LogP contribution in [0.15, 0.2) is 6.20 Å². The van der Waals surface area contributed by atoms with E-state index in [1.165, 1.54) is 10.6 Å². The van der Waals surface area contributed by atoms with Gasteiger partial charge >= 0.3 is 6.09 Å². The smallest absolute Gasteiger partial charge is 0.410 e. The molecule has 3 aliphatic heterocycles. The van der Waals surface area contributed by atoms with Crippen molar-refractivity contribution in [1.29, 1.82) is 0 Å². The van der Waals surface area contributed by atoms with Gasteiger partial charge in [-0.15, -0.1) is 0 Å².